The van der Waals surface area contributed by atoms with Crippen molar-refractivity contribution >= 4 is 29.4 Å². The van der Waals surface area contributed by atoms with Crippen LogP contribution in [0.2, 0.25) is 5.02 Å². The van der Waals surface area contributed by atoms with Gasteiger partial charge in [-0.25, -0.2) is 4.79 Å². The van der Waals surface area contributed by atoms with E-state index in [9.17, 15) is 14.4 Å². The van der Waals surface area contributed by atoms with E-state index in [4.69, 9.17) is 11.6 Å². The second-order valence-electron chi connectivity index (χ2n) is 5.88. The number of carbonyl (C=O) groups excluding carboxylic acids is 3. The van der Waals surface area contributed by atoms with Gasteiger partial charge in [0.2, 0.25) is 5.91 Å². The lowest BCUT2D eigenvalue weighted by molar-refractivity contribution is -0.127. The van der Waals surface area contributed by atoms with Crippen molar-refractivity contribution in [1.29, 1.82) is 0 Å². The van der Waals surface area contributed by atoms with Gasteiger partial charge in [-0.15, -0.1) is 0 Å². The average Bonchev–Trinajstić information content (AvgIpc) is 2.91. The van der Waals surface area contributed by atoms with Gasteiger partial charge >= 0.3 is 6.03 Å². The summed E-state index contributed by atoms with van der Waals surface area (Å²) >= 11 is 5.95. The van der Waals surface area contributed by atoms with Gasteiger partial charge in [-0.1, -0.05) is 30.7 Å². The maximum Gasteiger partial charge on any atom is 0.315 e. The highest BCUT2D eigenvalue weighted by atomic mass is 35.5. The van der Waals surface area contributed by atoms with Gasteiger partial charge in [-0.2, -0.15) is 0 Å². The first-order chi connectivity index (χ1) is 12.0. The molecule has 0 bridgehead atoms. The zero-order valence-electron chi connectivity index (χ0n) is 14.2. The Bertz CT molecular complexity index is 638. The number of hydrogen-bond acceptors (Lipinski definition) is 3. The summed E-state index contributed by atoms with van der Waals surface area (Å²) in [5.41, 5.74) is 0.397. The van der Waals surface area contributed by atoms with Crippen LogP contribution in [0.1, 0.15) is 30.1 Å². The van der Waals surface area contributed by atoms with Crippen molar-refractivity contribution in [3.63, 3.8) is 0 Å². The Balaban J connectivity index is 1.65. The van der Waals surface area contributed by atoms with Gasteiger partial charge in [-0.05, 0) is 18.6 Å². The van der Waals surface area contributed by atoms with E-state index in [-0.39, 0.29) is 37.0 Å². The molecule has 136 valence electrons. The maximum atomic E-state index is 12.0. The van der Waals surface area contributed by atoms with Crippen molar-refractivity contribution in [2.24, 2.45) is 0 Å². The van der Waals surface area contributed by atoms with Crippen LogP contribution in [0.4, 0.5) is 4.79 Å². The summed E-state index contributed by atoms with van der Waals surface area (Å²) in [7, 11) is 0. The minimum Gasteiger partial charge on any atom is -0.350 e. The second-order valence-corrected chi connectivity index (χ2v) is 6.28. The SMILES string of the molecule is CCCN1C[C@H](NC(=O)NCCNC(=O)c2ccccc2Cl)CC1=O. The molecule has 0 unspecified atom stereocenters. The van der Waals surface area contributed by atoms with Crippen molar-refractivity contribution < 1.29 is 14.4 Å². The number of urea groups is 1. The van der Waals surface area contributed by atoms with Crippen LogP contribution in [0.25, 0.3) is 0 Å². The van der Waals surface area contributed by atoms with Gasteiger partial charge < -0.3 is 20.9 Å². The normalized spacial score (nSPS) is 16.6. The van der Waals surface area contributed by atoms with Crippen LogP contribution in [0.5, 0.6) is 0 Å². The van der Waals surface area contributed by atoms with Crippen LogP contribution < -0.4 is 16.0 Å². The second kappa shape index (κ2) is 9.27. The third kappa shape index (κ3) is 5.63. The molecular weight excluding hydrogens is 344 g/mol. The molecule has 2 rings (SSSR count). The van der Waals surface area contributed by atoms with Crippen LogP contribution >= 0.6 is 11.6 Å². The Morgan fingerprint density at radius 3 is 2.68 bits per heavy atom. The highest BCUT2D eigenvalue weighted by Gasteiger charge is 2.29. The predicted octanol–water partition coefficient (Wildman–Crippen LogP) is 1.38. The molecule has 0 radical (unpaired) electrons. The van der Waals surface area contributed by atoms with Gasteiger partial charge in [0.1, 0.15) is 0 Å². The summed E-state index contributed by atoms with van der Waals surface area (Å²) in [5, 5.41) is 8.52. The monoisotopic (exact) mass is 366 g/mol. The number of halogens is 1. The molecular formula is C17H23ClN4O3. The maximum absolute atomic E-state index is 12.0. The van der Waals surface area contributed by atoms with E-state index in [0.717, 1.165) is 6.42 Å². The lowest BCUT2D eigenvalue weighted by Crippen LogP contribution is -2.45. The molecule has 0 saturated carbocycles. The summed E-state index contributed by atoms with van der Waals surface area (Å²) in [4.78, 5) is 37.3. The molecule has 0 spiro atoms. The number of likely N-dealkylation sites (tertiary alicyclic amines) is 1. The Morgan fingerprint density at radius 2 is 1.96 bits per heavy atom. The standard InChI is InChI=1S/C17H23ClN4O3/c1-2-9-22-11-12(10-15(22)23)21-17(25)20-8-7-19-16(24)13-5-3-4-6-14(13)18/h3-6,12H,2,7-11H2,1H3,(H,19,24)(H2,20,21,25)/t12-/m1/s1. The summed E-state index contributed by atoms with van der Waals surface area (Å²) in [5.74, 6) is -0.219. The highest BCUT2D eigenvalue weighted by Crippen LogP contribution is 2.14. The minimum atomic E-state index is -0.344. The average molecular weight is 367 g/mol. The smallest absolute Gasteiger partial charge is 0.315 e. The molecule has 1 fully saturated rings. The topological polar surface area (TPSA) is 90.5 Å². The molecule has 1 aliphatic heterocycles. The molecule has 4 amide bonds. The molecule has 3 N–H and O–H groups in total. The van der Waals surface area contributed by atoms with Gasteiger partial charge in [0.25, 0.3) is 5.91 Å². The number of carbonyl (C=O) groups is 3. The fourth-order valence-corrected chi connectivity index (χ4v) is 2.91. The summed E-state index contributed by atoms with van der Waals surface area (Å²) in [6, 6.07) is 6.25. The number of nitrogens with one attached hydrogen (secondary N) is 3. The summed E-state index contributed by atoms with van der Waals surface area (Å²) < 4.78 is 0. The van der Waals surface area contributed by atoms with Crippen LogP contribution in [-0.4, -0.2) is 55.0 Å². The molecule has 1 atom stereocenters. The van der Waals surface area contributed by atoms with Crippen molar-refractivity contribution in [2.45, 2.75) is 25.8 Å². The van der Waals surface area contributed by atoms with Crippen molar-refractivity contribution in [3.8, 4) is 0 Å². The number of hydrogen-bond donors (Lipinski definition) is 3. The van der Waals surface area contributed by atoms with Crippen molar-refractivity contribution in [3.05, 3.63) is 34.9 Å². The molecule has 1 aliphatic rings. The van der Waals surface area contributed by atoms with E-state index in [1.807, 2.05) is 6.92 Å². The fourth-order valence-electron chi connectivity index (χ4n) is 2.68. The van der Waals surface area contributed by atoms with Gasteiger partial charge in [-0.3, -0.25) is 9.59 Å². The molecule has 7 nitrogen and oxygen atoms in total. The third-order valence-electron chi connectivity index (χ3n) is 3.86. The quantitative estimate of drug-likeness (QED) is 0.637. The summed E-state index contributed by atoms with van der Waals surface area (Å²) in [6.07, 6.45) is 1.23. The van der Waals surface area contributed by atoms with Crippen molar-refractivity contribution in [1.82, 2.24) is 20.9 Å². The van der Waals surface area contributed by atoms with Crippen LogP contribution in [0.3, 0.4) is 0 Å². The van der Waals surface area contributed by atoms with E-state index in [1.54, 1.807) is 29.2 Å². The Hall–Kier alpha value is -2.28. The number of benzene rings is 1. The number of rotatable bonds is 7. The molecule has 25 heavy (non-hydrogen) atoms. The molecule has 1 aromatic rings. The Labute approximate surface area is 152 Å². The van der Waals surface area contributed by atoms with Gasteiger partial charge in [0.05, 0.1) is 16.6 Å². The molecule has 8 heteroatoms. The lowest BCUT2D eigenvalue weighted by Gasteiger charge is -2.16. The first-order valence-corrected chi connectivity index (χ1v) is 8.74. The molecule has 1 saturated heterocycles. The number of nitrogens with zero attached hydrogens (tertiary/aromatic N) is 1. The van der Waals surface area contributed by atoms with Crippen LogP contribution in [0.15, 0.2) is 24.3 Å². The first-order valence-electron chi connectivity index (χ1n) is 8.36. The fraction of sp³-hybridized carbons (Fsp3) is 0.471. The molecule has 1 aromatic carbocycles. The van der Waals surface area contributed by atoms with Crippen LogP contribution in [-0.2, 0) is 4.79 Å². The van der Waals surface area contributed by atoms with E-state index in [2.05, 4.69) is 16.0 Å². The highest BCUT2D eigenvalue weighted by molar-refractivity contribution is 6.33. The largest absolute Gasteiger partial charge is 0.350 e. The van der Waals surface area contributed by atoms with Gasteiger partial charge in [0.15, 0.2) is 0 Å². The predicted molar refractivity (Wildman–Crippen MR) is 95.6 cm³/mol. The summed E-state index contributed by atoms with van der Waals surface area (Å²) in [6.45, 7) is 3.83. The number of amides is 4. The van der Waals surface area contributed by atoms with E-state index in [0.29, 0.717) is 30.1 Å². The van der Waals surface area contributed by atoms with Crippen LogP contribution in [0, 0.1) is 0 Å². The van der Waals surface area contributed by atoms with E-state index in [1.165, 1.54) is 0 Å². The minimum absolute atomic E-state index is 0.0687. The zero-order valence-corrected chi connectivity index (χ0v) is 14.9. The van der Waals surface area contributed by atoms with Gasteiger partial charge in [0, 0.05) is 32.6 Å². The molecule has 1 heterocycles. The Kier molecular flexibility index (Phi) is 7.06. The zero-order chi connectivity index (χ0) is 18.2. The molecule has 0 aromatic heterocycles. The Morgan fingerprint density at radius 1 is 1.24 bits per heavy atom. The van der Waals surface area contributed by atoms with E-state index < -0.39 is 0 Å². The van der Waals surface area contributed by atoms with Crippen molar-refractivity contribution in [2.75, 3.05) is 26.2 Å². The lowest BCUT2D eigenvalue weighted by atomic mass is 10.2. The first kappa shape index (κ1) is 19.1. The van der Waals surface area contributed by atoms with E-state index >= 15 is 0 Å². The third-order valence-corrected chi connectivity index (χ3v) is 4.19. The molecule has 0 aliphatic carbocycles.